The van der Waals surface area contributed by atoms with E-state index in [-0.39, 0.29) is 0 Å². The van der Waals surface area contributed by atoms with Crippen LogP contribution < -0.4 is 0 Å². The summed E-state index contributed by atoms with van der Waals surface area (Å²) in [6.45, 7) is 0.882. The minimum atomic E-state index is -4.88. The van der Waals surface area contributed by atoms with E-state index in [4.69, 9.17) is 5.26 Å². The fourth-order valence-corrected chi connectivity index (χ4v) is 1.43. The van der Waals surface area contributed by atoms with E-state index in [1.807, 2.05) is 0 Å². The molecule has 1 rings (SSSR count). The van der Waals surface area contributed by atoms with Crippen LogP contribution in [0.2, 0.25) is 0 Å². The summed E-state index contributed by atoms with van der Waals surface area (Å²) in [4.78, 5) is 11.1. The number of ketones is 1. The summed E-state index contributed by atoms with van der Waals surface area (Å²) in [5.74, 6) is -0.916. The molecule has 0 saturated carbocycles. The second-order valence-electron chi connectivity index (χ2n) is 3.45. The number of hydrogen-bond donors (Lipinski definition) is 0. The highest BCUT2D eigenvalue weighted by Crippen LogP contribution is 2.35. The minimum absolute atomic E-state index is 0.294. The van der Waals surface area contributed by atoms with Crippen molar-refractivity contribution in [1.29, 1.82) is 5.26 Å². The Morgan fingerprint density at radius 1 is 1.33 bits per heavy atom. The van der Waals surface area contributed by atoms with Crippen LogP contribution in [0.5, 0.6) is 0 Å². The monoisotopic (exact) mass is 263 g/mol. The van der Waals surface area contributed by atoms with Crippen LogP contribution in [0.4, 0.5) is 22.0 Å². The smallest absolute Gasteiger partial charge is 0.294 e. The molecule has 1 aromatic carbocycles. The first-order chi connectivity index (χ1) is 8.18. The summed E-state index contributed by atoms with van der Waals surface area (Å²) in [6.07, 6.45) is -8.01. The maximum absolute atomic E-state index is 12.6. The van der Waals surface area contributed by atoms with E-state index in [1.165, 1.54) is 6.07 Å². The number of rotatable bonds is 2. The third-order valence-electron chi connectivity index (χ3n) is 2.23. The van der Waals surface area contributed by atoms with Crippen LogP contribution >= 0.6 is 0 Å². The van der Waals surface area contributed by atoms with Crippen molar-refractivity contribution in [3.05, 3.63) is 34.4 Å². The fraction of sp³-hybridized carbons (Fsp3) is 0.273. The molecule has 0 fully saturated rings. The Labute approximate surface area is 98.6 Å². The molecule has 0 amide bonds. The predicted molar refractivity (Wildman–Crippen MR) is 51.1 cm³/mol. The first-order valence-electron chi connectivity index (χ1n) is 4.62. The average molecular weight is 263 g/mol. The van der Waals surface area contributed by atoms with Crippen LogP contribution in [-0.2, 0) is 6.18 Å². The van der Waals surface area contributed by atoms with E-state index in [9.17, 15) is 26.7 Å². The molecule has 0 aliphatic carbocycles. The van der Waals surface area contributed by atoms with E-state index in [0.29, 0.717) is 12.1 Å². The molecular weight excluding hydrogens is 257 g/mol. The SMILES string of the molecule is CC(=O)c1cc(C(F)(F)F)c(C#N)cc1C(F)F. The number of hydrogen-bond acceptors (Lipinski definition) is 2. The lowest BCUT2D eigenvalue weighted by Gasteiger charge is -2.13. The Morgan fingerprint density at radius 3 is 2.22 bits per heavy atom. The average Bonchev–Trinajstić information content (AvgIpc) is 2.25. The zero-order valence-corrected chi connectivity index (χ0v) is 8.98. The van der Waals surface area contributed by atoms with Crippen LogP contribution in [0, 0.1) is 11.3 Å². The van der Waals surface area contributed by atoms with Gasteiger partial charge in [0.05, 0.1) is 17.2 Å². The van der Waals surface area contributed by atoms with Crippen molar-refractivity contribution >= 4 is 5.78 Å². The Balaban J connectivity index is 3.64. The first kappa shape index (κ1) is 14.1. The molecular formula is C11H6F5NO. The first-order valence-corrected chi connectivity index (χ1v) is 4.62. The van der Waals surface area contributed by atoms with Crippen LogP contribution in [-0.4, -0.2) is 5.78 Å². The lowest BCUT2D eigenvalue weighted by Crippen LogP contribution is -2.12. The number of nitriles is 1. The van der Waals surface area contributed by atoms with Gasteiger partial charge in [-0.15, -0.1) is 0 Å². The van der Waals surface area contributed by atoms with Crippen LogP contribution in [0.1, 0.15) is 40.4 Å². The summed E-state index contributed by atoms with van der Waals surface area (Å²) in [6, 6.07) is 1.90. The maximum Gasteiger partial charge on any atom is 0.417 e. The molecule has 0 aliphatic heterocycles. The van der Waals surface area contributed by atoms with Gasteiger partial charge >= 0.3 is 6.18 Å². The number of alkyl halides is 5. The molecule has 0 aromatic heterocycles. The van der Waals surface area contributed by atoms with Crippen LogP contribution in [0.15, 0.2) is 12.1 Å². The second-order valence-corrected chi connectivity index (χ2v) is 3.45. The van der Waals surface area contributed by atoms with Gasteiger partial charge in [-0.3, -0.25) is 4.79 Å². The zero-order chi connectivity index (χ0) is 14.1. The molecule has 18 heavy (non-hydrogen) atoms. The van der Waals surface area contributed by atoms with Gasteiger partial charge < -0.3 is 0 Å². The standard InChI is InChI=1S/C11H6F5NO/c1-5(18)7-3-9(11(14,15)16)6(4-17)2-8(7)10(12)13/h2-3,10H,1H3. The van der Waals surface area contributed by atoms with E-state index in [2.05, 4.69) is 0 Å². The molecule has 1 aromatic rings. The number of carbonyl (C=O) groups excluding carboxylic acids is 1. The van der Waals surface area contributed by atoms with E-state index in [1.54, 1.807) is 0 Å². The largest absolute Gasteiger partial charge is 0.417 e. The van der Waals surface area contributed by atoms with E-state index in [0.717, 1.165) is 6.92 Å². The minimum Gasteiger partial charge on any atom is -0.294 e. The number of halogens is 5. The van der Waals surface area contributed by atoms with Gasteiger partial charge in [0.2, 0.25) is 0 Å². The van der Waals surface area contributed by atoms with Crippen LogP contribution in [0.25, 0.3) is 0 Å². The number of carbonyl (C=O) groups is 1. The zero-order valence-electron chi connectivity index (χ0n) is 8.98. The Morgan fingerprint density at radius 2 is 1.89 bits per heavy atom. The van der Waals surface area contributed by atoms with E-state index < -0.39 is 40.6 Å². The topological polar surface area (TPSA) is 40.9 Å². The molecule has 0 saturated heterocycles. The maximum atomic E-state index is 12.6. The highest BCUT2D eigenvalue weighted by molar-refractivity contribution is 5.96. The molecule has 96 valence electrons. The fourth-order valence-electron chi connectivity index (χ4n) is 1.43. The van der Waals surface area contributed by atoms with Crippen molar-refractivity contribution in [2.75, 3.05) is 0 Å². The molecule has 0 N–H and O–H groups in total. The highest BCUT2D eigenvalue weighted by Gasteiger charge is 2.35. The van der Waals surface area contributed by atoms with Crippen molar-refractivity contribution in [3.63, 3.8) is 0 Å². The van der Waals surface area contributed by atoms with Crippen molar-refractivity contribution in [2.24, 2.45) is 0 Å². The van der Waals surface area contributed by atoms with Crippen molar-refractivity contribution in [1.82, 2.24) is 0 Å². The Hall–Kier alpha value is -1.97. The summed E-state index contributed by atoms with van der Waals surface area (Å²) < 4.78 is 62.9. The Kier molecular flexibility index (Phi) is 3.70. The molecule has 7 heteroatoms. The van der Waals surface area contributed by atoms with Gasteiger partial charge in [0.25, 0.3) is 6.43 Å². The third-order valence-corrected chi connectivity index (χ3v) is 2.23. The molecule has 0 atom stereocenters. The van der Waals surface area contributed by atoms with Crippen LogP contribution in [0.3, 0.4) is 0 Å². The third kappa shape index (κ3) is 2.64. The molecule has 2 nitrogen and oxygen atoms in total. The summed E-state index contributed by atoms with van der Waals surface area (Å²) in [5, 5.41) is 8.54. The van der Waals surface area contributed by atoms with Crippen molar-refractivity contribution in [3.8, 4) is 6.07 Å². The quantitative estimate of drug-likeness (QED) is 0.602. The predicted octanol–water partition coefficient (Wildman–Crippen LogP) is 3.72. The summed E-state index contributed by atoms with van der Waals surface area (Å²) in [5.41, 5.74) is -3.91. The van der Waals surface area contributed by atoms with Gasteiger partial charge in [-0.1, -0.05) is 0 Å². The molecule has 0 heterocycles. The molecule has 0 unspecified atom stereocenters. The number of nitrogens with zero attached hydrogens (tertiary/aromatic N) is 1. The van der Waals surface area contributed by atoms with Gasteiger partial charge in [-0.05, 0) is 19.1 Å². The van der Waals surface area contributed by atoms with Gasteiger partial charge in [0.1, 0.15) is 0 Å². The summed E-state index contributed by atoms with van der Waals surface area (Å²) >= 11 is 0. The van der Waals surface area contributed by atoms with E-state index >= 15 is 0 Å². The molecule has 0 spiro atoms. The molecule has 0 bridgehead atoms. The second kappa shape index (κ2) is 4.72. The molecule has 0 radical (unpaired) electrons. The summed E-state index contributed by atoms with van der Waals surface area (Å²) in [7, 11) is 0. The van der Waals surface area contributed by atoms with Gasteiger partial charge in [0.15, 0.2) is 5.78 Å². The van der Waals surface area contributed by atoms with Gasteiger partial charge in [-0.2, -0.15) is 18.4 Å². The van der Waals surface area contributed by atoms with Crippen molar-refractivity contribution in [2.45, 2.75) is 19.5 Å². The lowest BCUT2D eigenvalue weighted by atomic mass is 9.96. The van der Waals surface area contributed by atoms with Gasteiger partial charge in [0, 0.05) is 11.1 Å². The number of Topliss-reactive ketones (excluding diaryl/α,β-unsaturated/α-hetero) is 1. The van der Waals surface area contributed by atoms with Crippen molar-refractivity contribution < 1.29 is 26.7 Å². The normalized spacial score (nSPS) is 11.4. The lowest BCUT2D eigenvalue weighted by molar-refractivity contribution is -0.137. The number of benzene rings is 1. The van der Waals surface area contributed by atoms with Gasteiger partial charge in [-0.25, -0.2) is 8.78 Å². The Bertz CT molecular complexity index is 527. The molecule has 0 aliphatic rings. The highest BCUT2D eigenvalue weighted by atomic mass is 19.4.